The second-order valence-corrected chi connectivity index (χ2v) is 13.7. The molecule has 8 nitrogen and oxygen atoms in total. The average molecular weight is 520 g/mol. The fourth-order valence-electron chi connectivity index (χ4n) is 8.50. The number of nitrogens with one attached hydrogen (secondary N) is 1. The Labute approximate surface area is 215 Å². The summed E-state index contributed by atoms with van der Waals surface area (Å²) in [6.07, 6.45) is -5.10. The van der Waals surface area contributed by atoms with Crippen LogP contribution in [0.4, 0.5) is 0 Å². The summed E-state index contributed by atoms with van der Waals surface area (Å²) in [5, 5.41) is 35.9. The average Bonchev–Trinajstić information content (AvgIpc) is 3.15. The smallest absolute Gasteiger partial charge is 0.266 e. The molecule has 4 rings (SSSR count). The Morgan fingerprint density at radius 2 is 1.74 bits per heavy atom. The van der Waals surface area contributed by atoms with E-state index in [1.165, 1.54) is 0 Å². The van der Waals surface area contributed by atoms with E-state index in [4.69, 9.17) is 10.0 Å². The second-order valence-electron chi connectivity index (χ2n) is 12.1. The van der Waals surface area contributed by atoms with Crippen LogP contribution in [0.25, 0.3) is 0 Å². The van der Waals surface area contributed by atoms with Gasteiger partial charge in [-0.3, -0.25) is 9.35 Å². The van der Waals surface area contributed by atoms with Crippen LogP contribution in [0.3, 0.4) is 0 Å². The molecule has 4 aliphatic rings. The van der Waals surface area contributed by atoms with E-state index in [0.717, 1.165) is 19.3 Å². The molecule has 4 saturated carbocycles. The summed E-state index contributed by atoms with van der Waals surface area (Å²) in [5.41, 5.74) is -1.10. The van der Waals surface area contributed by atoms with Gasteiger partial charge in [0, 0.05) is 18.4 Å². The molecule has 11 atom stereocenters. The molecule has 0 aromatic carbocycles. The summed E-state index contributed by atoms with van der Waals surface area (Å²) >= 11 is 0. The van der Waals surface area contributed by atoms with E-state index < -0.39 is 58.3 Å². The van der Waals surface area contributed by atoms with Gasteiger partial charge < -0.3 is 20.6 Å². The van der Waals surface area contributed by atoms with Crippen molar-refractivity contribution in [1.82, 2.24) is 5.32 Å². The third kappa shape index (κ3) is 5.05. The van der Waals surface area contributed by atoms with Gasteiger partial charge in [0.05, 0.1) is 24.1 Å². The number of carbonyl (C=O) groups excluding carboxylic acids is 1. The first-order valence-electron chi connectivity index (χ1n) is 15.0. The van der Waals surface area contributed by atoms with Gasteiger partial charge in [0.25, 0.3) is 10.1 Å². The van der Waals surface area contributed by atoms with Crippen molar-refractivity contribution >= 4 is 16.0 Å². The number of amides is 1. The first-order valence-corrected chi connectivity index (χ1v) is 14.6. The number of carbonyl (C=O) groups is 1. The molecule has 0 aliphatic heterocycles. The lowest BCUT2D eigenvalue weighted by Gasteiger charge is -2.63. The van der Waals surface area contributed by atoms with Gasteiger partial charge in [-0.1, -0.05) is 20.8 Å². The van der Waals surface area contributed by atoms with E-state index in [1.807, 2.05) is 6.92 Å². The number of hydrogen-bond acceptors (Lipinski definition) is 6. The number of aliphatic hydroxyl groups excluding tert-OH is 3. The number of aliphatic hydroxyl groups is 3. The fourth-order valence-corrected chi connectivity index (χ4v) is 8.86. The van der Waals surface area contributed by atoms with Crippen molar-refractivity contribution in [3.63, 3.8) is 0 Å². The van der Waals surface area contributed by atoms with Gasteiger partial charge in [-0.2, -0.15) is 8.42 Å². The Kier molecular flexibility index (Phi) is 6.27. The SMILES string of the molecule is [2H]C1([2H])C[C@@]2(C)[C@H]([C@H](O)[C@@H](O)[C@@H]3[C@@H]2CC[C@]2(C)[C@@H]([C@H](C)CCC(=O)NCCS(=O)(=O)O)CC[C@@H]32)C([2H])([2H])[C@@H]1O. The van der Waals surface area contributed by atoms with Gasteiger partial charge in [0.15, 0.2) is 0 Å². The van der Waals surface area contributed by atoms with Crippen LogP contribution in [0.2, 0.25) is 0 Å². The van der Waals surface area contributed by atoms with E-state index in [0.29, 0.717) is 12.8 Å². The maximum atomic E-state index is 12.2. The summed E-state index contributed by atoms with van der Waals surface area (Å²) in [4.78, 5) is 12.2. The first kappa shape index (κ1) is 22.3. The van der Waals surface area contributed by atoms with Crippen LogP contribution in [0, 0.1) is 46.3 Å². The summed E-state index contributed by atoms with van der Waals surface area (Å²) in [7, 11) is -4.14. The molecule has 0 saturated heterocycles. The van der Waals surface area contributed by atoms with E-state index >= 15 is 0 Å². The molecule has 0 radical (unpaired) electrons. The van der Waals surface area contributed by atoms with Crippen molar-refractivity contribution in [2.75, 3.05) is 12.3 Å². The van der Waals surface area contributed by atoms with Crippen LogP contribution in [0.1, 0.15) is 83.9 Å². The predicted octanol–water partition coefficient (Wildman–Crippen LogP) is 2.37. The number of fused-ring (bicyclic) bond motifs is 5. The van der Waals surface area contributed by atoms with Crippen LogP contribution in [-0.4, -0.2) is 64.8 Å². The molecule has 5 N–H and O–H groups in total. The van der Waals surface area contributed by atoms with E-state index in [-0.39, 0.29) is 60.3 Å². The van der Waals surface area contributed by atoms with Crippen molar-refractivity contribution in [3.8, 4) is 0 Å². The number of rotatable bonds is 7. The first-order chi connectivity index (χ1) is 17.8. The molecule has 0 unspecified atom stereocenters. The molecule has 0 aromatic rings. The summed E-state index contributed by atoms with van der Waals surface area (Å²) < 4.78 is 64.7. The van der Waals surface area contributed by atoms with Gasteiger partial charge in [-0.05, 0) is 97.6 Å². The second kappa shape index (κ2) is 9.86. The maximum Gasteiger partial charge on any atom is 0.266 e. The van der Waals surface area contributed by atoms with E-state index in [9.17, 15) is 28.5 Å². The summed E-state index contributed by atoms with van der Waals surface area (Å²) in [5.74, 6) is -1.92. The predicted molar refractivity (Wildman–Crippen MR) is 132 cm³/mol. The Hall–Kier alpha value is -0.740. The zero-order valence-electron chi connectivity index (χ0n) is 25.0. The minimum atomic E-state index is -4.14. The Morgan fingerprint density at radius 1 is 1.06 bits per heavy atom. The number of hydrogen-bond donors (Lipinski definition) is 5. The van der Waals surface area contributed by atoms with Crippen LogP contribution >= 0.6 is 0 Å². The minimum Gasteiger partial charge on any atom is -0.393 e. The molecule has 4 fully saturated rings. The zero-order chi connectivity index (χ0) is 29.3. The monoisotopic (exact) mass is 519 g/mol. The van der Waals surface area contributed by atoms with Crippen LogP contribution in [-0.2, 0) is 14.9 Å². The van der Waals surface area contributed by atoms with Gasteiger partial charge >= 0.3 is 0 Å². The molecular formula is C26H45NO7S. The van der Waals surface area contributed by atoms with Gasteiger partial charge in [0.2, 0.25) is 5.91 Å². The normalized spacial score (nSPS) is 50.8. The molecule has 0 bridgehead atoms. The van der Waals surface area contributed by atoms with Gasteiger partial charge in [-0.25, -0.2) is 0 Å². The topological polar surface area (TPSA) is 144 Å². The van der Waals surface area contributed by atoms with Crippen LogP contribution in [0.15, 0.2) is 0 Å². The molecule has 35 heavy (non-hydrogen) atoms. The van der Waals surface area contributed by atoms with Crippen molar-refractivity contribution in [3.05, 3.63) is 0 Å². The highest BCUT2D eigenvalue weighted by Crippen LogP contribution is 2.68. The highest BCUT2D eigenvalue weighted by Gasteiger charge is 2.65. The molecule has 0 heterocycles. The van der Waals surface area contributed by atoms with Crippen molar-refractivity contribution in [2.24, 2.45) is 46.3 Å². The quantitative estimate of drug-likeness (QED) is 0.325. The summed E-state index contributed by atoms with van der Waals surface area (Å²) in [6.45, 7) is 6.01. The van der Waals surface area contributed by atoms with E-state index in [1.54, 1.807) is 0 Å². The Bertz CT molecular complexity index is 1060. The zero-order valence-corrected chi connectivity index (χ0v) is 21.8. The maximum absolute atomic E-state index is 12.2. The fraction of sp³-hybridized carbons (Fsp3) is 0.962. The molecule has 0 aromatic heterocycles. The molecule has 202 valence electrons. The Morgan fingerprint density at radius 3 is 2.43 bits per heavy atom. The summed E-state index contributed by atoms with van der Waals surface area (Å²) in [6, 6.07) is 0. The third-order valence-corrected chi connectivity index (χ3v) is 11.0. The highest BCUT2D eigenvalue weighted by molar-refractivity contribution is 7.85. The Balaban J connectivity index is 1.50. The minimum absolute atomic E-state index is 0.0540. The molecule has 9 heteroatoms. The van der Waals surface area contributed by atoms with Crippen molar-refractivity contribution in [1.29, 1.82) is 0 Å². The molecule has 4 aliphatic carbocycles. The lowest BCUT2D eigenvalue weighted by molar-refractivity contribution is -0.223. The lowest BCUT2D eigenvalue weighted by atomic mass is 9.43. The third-order valence-electron chi connectivity index (χ3n) is 10.3. The van der Waals surface area contributed by atoms with E-state index in [2.05, 4.69) is 19.2 Å². The lowest BCUT2D eigenvalue weighted by Crippen LogP contribution is -2.64. The van der Waals surface area contributed by atoms with Gasteiger partial charge in [0.1, 0.15) is 0 Å². The molecule has 0 spiro atoms. The van der Waals surface area contributed by atoms with Crippen molar-refractivity contribution < 1.29 is 38.6 Å². The largest absolute Gasteiger partial charge is 0.393 e. The van der Waals surface area contributed by atoms with Crippen LogP contribution < -0.4 is 5.32 Å². The van der Waals surface area contributed by atoms with Gasteiger partial charge in [-0.15, -0.1) is 0 Å². The molecule has 1 amide bonds. The molecular weight excluding hydrogens is 470 g/mol. The van der Waals surface area contributed by atoms with Crippen molar-refractivity contribution in [2.45, 2.75) is 96.8 Å². The highest BCUT2D eigenvalue weighted by atomic mass is 32.2. The standard InChI is InChI=1S/C26H45NO7S/c1-15(4-7-21(29)27-12-13-35(32,33)34)17-5-6-18-22-19(9-11-25(17,18)2)26(3)10-8-16(28)14-20(26)23(30)24(22)31/h15-20,22-24,28,30-31H,4-14H2,1-3H3,(H,27,29)(H,32,33,34)/t15-,16-,17-,18+,19+,20+,22+,23+,24+,25-,26-/m1/s1/i8D2,14D2. The van der Waals surface area contributed by atoms with Crippen LogP contribution in [0.5, 0.6) is 0 Å².